The van der Waals surface area contributed by atoms with E-state index < -0.39 is 0 Å². The number of hydrogen-bond acceptors (Lipinski definition) is 2. The van der Waals surface area contributed by atoms with Gasteiger partial charge >= 0.3 is 0 Å². The number of fused-ring (bicyclic) bond motifs is 1. The molecule has 13 heavy (non-hydrogen) atoms. The van der Waals surface area contributed by atoms with Gasteiger partial charge < -0.3 is 11.1 Å². The molecule has 0 spiro atoms. The van der Waals surface area contributed by atoms with Gasteiger partial charge in [0.05, 0.1) is 11.4 Å². The van der Waals surface area contributed by atoms with Gasteiger partial charge in [-0.25, -0.2) is 4.39 Å². The Morgan fingerprint density at radius 3 is 2.92 bits per heavy atom. The molecule has 0 fully saturated rings. The van der Waals surface area contributed by atoms with Crippen LogP contribution < -0.4 is 11.1 Å². The number of nitrogens with two attached hydrogens (primary N) is 1. The molecule has 0 aromatic heterocycles. The summed E-state index contributed by atoms with van der Waals surface area (Å²) in [6.07, 6.45) is 0.957. The van der Waals surface area contributed by atoms with Crippen molar-refractivity contribution in [3.8, 4) is 0 Å². The van der Waals surface area contributed by atoms with Crippen molar-refractivity contribution in [1.82, 2.24) is 0 Å². The fourth-order valence-electron chi connectivity index (χ4n) is 1.49. The van der Waals surface area contributed by atoms with Crippen LogP contribution in [0.4, 0.5) is 15.8 Å². The Morgan fingerprint density at radius 1 is 1.38 bits per heavy atom. The summed E-state index contributed by atoms with van der Waals surface area (Å²) in [4.78, 5) is 11.0. The molecule has 0 bridgehead atoms. The minimum Gasteiger partial charge on any atom is -0.397 e. The highest BCUT2D eigenvalue weighted by Crippen LogP contribution is 2.29. The summed E-state index contributed by atoms with van der Waals surface area (Å²) >= 11 is 0. The van der Waals surface area contributed by atoms with Gasteiger partial charge in [0.15, 0.2) is 0 Å². The molecule has 3 N–H and O–H groups in total. The molecule has 1 aromatic carbocycles. The van der Waals surface area contributed by atoms with E-state index in [-0.39, 0.29) is 11.7 Å². The Bertz CT molecular complexity index is 376. The van der Waals surface area contributed by atoms with Crippen molar-refractivity contribution >= 4 is 17.3 Å². The van der Waals surface area contributed by atoms with Gasteiger partial charge in [0, 0.05) is 6.42 Å². The maximum Gasteiger partial charge on any atom is 0.224 e. The normalized spacial score (nSPS) is 15.0. The van der Waals surface area contributed by atoms with Gasteiger partial charge in [0.1, 0.15) is 5.82 Å². The van der Waals surface area contributed by atoms with Crippen LogP contribution in [-0.4, -0.2) is 5.91 Å². The smallest absolute Gasteiger partial charge is 0.224 e. The fraction of sp³-hybridized carbons (Fsp3) is 0.222. The quantitative estimate of drug-likeness (QED) is 0.591. The van der Waals surface area contributed by atoms with Gasteiger partial charge in [-0.2, -0.15) is 0 Å². The molecule has 1 amide bonds. The highest BCUT2D eigenvalue weighted by Gasteiger charge is 2.17. The maximum atomic E-state index is 12.9. The van der Waals surface area contributed by atoms with Crippen molar-refractivity contribution in [2.75, 3.05) is 11.1 Å². The van der Waals surface area contributed by atoms with Crippen LogP contribution in [0.1, 0.15) is 12.0 Å². The summed E-state index contributed by atoms with van der Waals surface area (Å²) in [7, 11) is 0. The predicted octanol–water partition coefficient (Wildman–Crippen LogP) is 1.29. The SMILES string of the molecule is Nc1cc(F)cc2c1NC(=O)CC2. The maximum absolute atomic E-state index is 12.9. The van der Waals surface area contributed by atoms with Crippen LogP contribution in [0.15, 0.2) is 12.1 Å². The number of nitrogen functional groups attached to an aromatic ring is 1. The molecule has 68 valence electrons. The van der Waals surface area contributed by atoms with Crippen LogP contribution in [-0.2, 0) is 11.2 Å². The lowest BCUT2D eigenvalue weighted by Gasteiger charge is -2.18. The number of benzene rings is 1. The first-order chi connectivity index (χ1) is 6.16. The van der Waals surface area contributed by atoms with Crippen molar-refractivity contribution in [1.29, 1.82) is 0 Å². The van der Waals surface area contributed by atoms with E-state index >= 15 is 0 Å². The molecule has 1 aromatic rings. The topological polar surface area (TPSA) is 55.1 Å². The Balaban J connectivity index is 2.53. The zero-order valence-electron chi connectivity index (χ0n) is 6.93. The first-order valence-electron chi connectivity index (χ1n) is 4.04. The van der Waals surface area contributed by atoms with E-state index in [1.807, 2.05) is 0 Å². The second-order valence-corrected chi connectivity index (χ2v) is 3.08. The number of carbonyl (C=O) groups excluding carboxylic acids is 1. The average Bonchev–Trinajstić information content (AvgIpc) is 2.06. The molecule has 1 heterocycles. The van der Waals surface area contributed by atoms with Gasteiger partial charge in [0.25, 0.3) is 0 Å². The summed E-state index contributed by atoms with van der Waals surface area (Å²) in [6.45, 7) is 0. The number of rotatable bonds is 0. The number of halogens is 1. The van der Waals surface area contributed by atoms with E-state index in [1.54, 1.807) is 0 Å². The standard InChI is InChI=1S/C9H9FN2O/c10-6-3-5-1-2-8(13)12-9(5)7(11)4-6/h3-4H,1-2,11H2,(H,12,13). The monoisotopic (exact) mass is 180 g/mol. The number of aryl methyl sites for hydroxylation is 1. The lowest BCUT2D eigenvalue weighted by atomic mass is 10.0. The minimum absolute atomic E-state index is 0.0641. The Hall–Kier alpha value is -1.58. The molecule has 2 rings (SSSR count). The van der Waals surface area contributed by atoms with Crippen LogP contribution in [0.2, 0.25) is 0 Å². The summed E-state index contributed by atoms with van der Waals surface area (Å²) in [5.41, 5.74) is 7.19. The molecule has 3 nitrogen and oxygen atoms in total. The molecule has 4 heteroatoms. The van der Waals surface area contributed by atoms with E-state index in [1.165, 1.54) is 12.1 Å². The highest BCUT2D eigenvalue weighted by atomic mass is 19.1. The minimum atomic E-state index is -0.354. The van der Waals surface area contributed by atoms with Crippen molar-refractivity contribution in [3.05, 3.63) is 23.5 Å². The molecule has 0 saturated carbocycles. The zero-order chi connectivity index (χ0) is 9.42. The van der Waals surface area contributed by atoms with E-state index in [9.17, 15) is 9.18 Å². The largest absolute Gasteiger partial charge is 0.397 e. The lowest BCUT2D eigenvalue weighted by Crippen LogP contribution is -2.20. The summed E-state index contributed by atoms with van der Waals surface area (Å²) in [6, 6.07) is 2.62. The first-order valence-corrected chi connectivity index (χ1v) is 4.04. The molecule has 0 atom stereocenters. The highest BCUT2D eigenvalue weighted by molar-refractivity contribution is 5.97. The Kier molecular flexibility index (Phi) is 1.69. The number of amides is 1. The van der Waals surface area contributed by atoms with E-state index in [2.05, 4.69) is 5.32 Å². The van der Waals surface area contributed by atoms with Crippen LogP contribution in [0, 0.1) is 5.82 Å². The summed E-state index contributed by atoms with van der Waals surface area (Å²) in [5, 5.41) is 2.62. The third-order valence-corrected chi connectivity index (χ3v) is 2.10. The van der Waals surface area contributed by atoms with E-state index in [0.717, 1.165) is 5.56 Å². The van der Waals surface area contributed by atoms with Gasteiger partial charge in [-0.1, -0.05) is 0 Å². The predicted molar refractivity (Wildman–Crippen MR) is 47.8 cm³/mol. The number of hydrogen-bond donors (Lipinski definition) is 2. The van der Waals surface area contributed by atoms with Gasteiger partial charge in [-0.15, -0.1) is 0 Å². The molecular weight excluding hydrogens is 171 g/mol. The third-order valence-electron chi connectivity index (χ3n) is 2.10. The Morgan fingerprint density at radius 2 is 2.15 bits per heavy atom. The first kappa shape index (κ1) is 8.04. The molecule has 1 aliphatic heterocycles. The molecule has 0 unspecified atom stereocenters. The molecule has 1 aliphatic rings. The third kappa shape index (κ3) is 1.35. The van der Waals surface area contributed by atoms with Gasteiger partial charge in [-0.05, 0) is 24.1 Å². The van der Waals surface area contributed by atoms with Crippen molar-refractivity contribution in [2.24, 2.45) is 0 Å². The fourth-order valence-corrected chi connectivity index (χ4v) is 1.49. The van der Waals surface area contributed by atoms with Crippen LogP contribution in [0.25, 0.3) is 0 Å². The van der Waals surface area contributed by atoms with Gasteiger partial charge in [0.2, 0.25) is 5.91 Å². The Labute approximate surface area is 74.7 Å². The second-order valence-electron chi connectivity index (χ2n) is 3.08. The van der Waals surface area contributed by atoms with Crippen molar-refractivity contribution < 1.29 is 9.18 Å². The van der Waals surface area contributed by atoms with Crippen LogP contribution in [0.3, 0.4) is 0 Å². The molecular formula is C9H9FN2O. The number of nitrogens with one attached hydrogen (secondary N) is 1. The van der Waals surface area contributed by atoms with Crippen molar-refractivity contribution in [3.63, 3.8) is 0 Å². The summed E-state index contributed by atoms with van der Waals surface area (Å²) in [5.74, 6) is -0.418. The van der Waals surface area contributed by atoms with Crippen LogP contribution in [0.5, 0.6) is 0 Å². The van der Waals surface area contributed by atoms with E-state index in [0.29, 0.717) is 24.2 Å². The molecule has 0 aliphatic carbocycles. The summed E-state index contributed by atoms with van der Waals surface area (Å²) < 4.78 is 12.9. The van der Waals surface area contributed by atoms with Gasteiger partial charge in [-0.3, -0.25) is 4.79 Å². The van der Waals surface area contributed by atoms with Crippen molar-refractivity contribution in [2.45, 2.75) is 12.8 Å². The number of carbonyl (C=O) groups is 1. The lowest BCUT2D eigenvalue weighted by molar-refractivity contribution is -0.116. The van der Waals surface area contributed by atoms with Crippen LogP contribution >= 0.6 is 0 Å². The van der Waals surface area contributed by atoms with E-state index in [4.69, 9.17) is 5.73 Å². The second kappa shape index (κ2) is 2.73. The average molecular weight is 180 g/mol. The number of anilines is 2. The zero-order valence-corrected chi connectivity index (χ0v) is 6.93. The molecule has 0 radical (unpaired) electrons. The molecule has 0 saturated heterocycles.